The summed E-state index contributed by atoms with van der Waals surface area (Å²) in [5.74, 6) is -2.49. The molecule has 104 heavy (non-hydrogen) atoms. The van der Waals surface area contributed by atoms with E-state index < -0.39 is 65.2 Å². The van der Waals surface area contributed by atoms with Gasteiger partial charge in [0.05, 0.1) is 25.3 Å². The molecule has 5 atom stereocenters. The maximum Gasteiger partial charge on any atom is 0.411 e. The number of aliphatic hydroxyl groups excluding tert-OH is 2. The van der Waals surface area contributed by atoms with Crippen molar-refractivity contribution in [3.05, 3.63) is 219 Å². The first-order valence-corrected chi connectivity index (χ1v) is 36.1. The van der Waals surface area contributed by atoms with Gasteiger partial charge in [-0.3, -0.25) is 38.6 Å². The number of nitrogens with zero attached hydrogens (tertiary/aromatic N) is 5. The summed E-state index contributed by atoms with van der Waals surface area (Å²) in [6.07, 6.45) is 7.20. The number of benzene rings is 6. The molecule has 8 bridgehead atoms. The SMILES string of the molecule is CC(C)(C)OC(=O)N1CCN(Cc2ccccc2)C(=O)C1.CCCC1CC=CCCc2cc(F)cc(c2)CC(CO)NC(=O)c2cccc(c2)C1=O.CCCN1CCCCOc2cc(F)cc(c2)CC(C(O)C2C(=O)N(Cc3ccccc3)CCN2C(=O)OC(C)(C)C)NC(=O)c2cccc(c2)C1=O. The molecule has 4 aliphatic heterocycles. The molecule has 556 valence electrons. The number of hydrogen-bond donors (Lipinski definition) is 4. The minimum absolute atomic E-state index is 0.0397. The number of aliphatic hydroxyl groups is 2. The third-order valence-electron chi connectivity index (χ3n) is 17.9. The molecule has 0 saturated carbocycles. The summed E-state index contributed by atoms with van der Waals surface area (Å²) >= 11 is 0. The molecule has 0 radical (unpaired) electrons. The Balaban J connectivity index is 0.000000221. The van der Waals surface area contributed by atoms with E-state index in [1.54, 1.807) is 84.0 Å². The van der Waals surface area contributed by atoms with Crippen molar-refractivity contribution < 1.29 is 71.6 Å². The minimum atomic E-state index is -1.66. The highest BCUT2D eigenvalue weighted by Crippen LogP contribution is 2.28. The van der Waals surface area contributed by atoms with E-state index >= 15 is 4.39 Å². The average molecular weight is 1430 g/mol. The second kappa shape index (κ2) is 38.1. The van der Waals surface area contributed by atoms with Crippen molar-refractivity contribution in [2.75, 3.05) is 59.0 Å². The fourth-order valence-electron chi connectivity index (χ4n) is 12.8. The van der Waals surface area contributed by atoms with Crippen LogP contribution in [0.5, 0.6) is 5.75 Å². The molecule has 0 spiro atoms. The number of carbonyl (C=O) groups excluding carboxylic acids is 8. The number of carbonyl (C=O) groups is 8. The number of piperazine rings is 2. The van der Waals surface area contributed by atoms with Crippen molar-refractivity contribution >= 4 is 47.5 Å². The Hall–Kier alpha value is -9.80. The molecule has 4 N–H and O–H groups in total. The number of allylic oxidation sites excluding steroid dienone is 2. The Labute approximate surface area is 609 Å². The van der Waals surface area contributed by atoms with E-state index in [1.165, 1.54) is 40.1 Å². The lowest BCUT2D eigenvalue weighted by Gasteiger charge is -2.44. The van der Waals surface area contributed by atoms with Gasteiger partial charge in [0.25, 0.3) is 17.7 Å². The molecular formula is C82H101F2N7O13. The van der Waals surface area contributed by atoms with Crippen molar-refractivity contribution in [2.24, 2.45) is 5.92 Å². The highest BCUT2D eigenvalue weighted by molar-refractivity contribution is 6.02. The predicted octanol–water partition coefficient (Wildman–Crippen LogP) is 12.1. The molecule has 5 unspecified atom stereocenters. The van der Waals surface area contributed by atoms with Gasteiger partial charge in [0.2, 0.25) is 11.8 Å². The van der Waals surface area contributed by atoms with E-state index in [1.807, 2.05) is 101 Å². The smallest absolute Gasteiger partial charge is 0.411 e. The van der Waals surface area contributed by atoms with Gasteiger partial charge >= 0.3 is 12.2 Å². The predicted molar refractivity (Wildman–Crippen MR) is 393 cm³/mol. The Morgan fingerprint density at radius 2 is 1.19 bits per heavy atom. The summed E-state index contributed by atoms with van der Waals surface area (Å²) in [4.78, 5) is 113. The maximum atomic E-state index is 15.0. The summed E-state index contributed by atoms with van der Waals surface area (Å²) in [7, 11) is 0. The largest absolute Gasteiger partial charge is 0.493 e. The maximum absolute atomic E-state index is 15.0. The molecular weight excluding hydrogens is 1330 g/mol. The normalized spacial score (nSPS) is 19.1. The summed E-state index contributed by atoms with van der Waals surface area (Å²) < 4.78 is 46.0. The Bertz CT molecular complexity index is 3940. The van der Waals surface area contributed by atoms with Crippen molar-refractivity contribution in [1.82, 2.24) is 35.1 Å². The highest BCUT2D eigenvalue weighted by Gasteiger charge is 2.46. The molecule has 10 rings (SSSR count). The van der Waals surface area contributed by atoms with Gasteiger partial charge in [-0.15, -0.1) is 0 Å². The monoisotopic (exact) mass is 1430 g/mol. The summed E-state index contributed by atoms with van der Waals surface area (Å²) in [6.45, 7) is 17.8. The number of Topliss-reactive ketones (excluding diaryl/α,β-unsaturated/α-hetero) is 1. The number of amides is 7. The quantitative estimate of drug-likeness (QED) is 0.0883. The van der Waals surface area contributed by atoms with Gasteiger partial charge in [0, 0.05) is 86.6 Å². The number of fused-ring (bicyclic) bond motifs is 8. The molecule has 4 heterocycles. The van der Waals surface area contributed by atoms with Crippen LogP contribution in [0.15, 0.2) is 158 Å². The van der Waals surface area contributed by atoms with Crippen LogP contribution in [-0.2, 0) is 51.4 Å². The number of hydrogen-bond acceptors (Lipinski definition) is 13. The van der Waals surface area contributed by atoms with Gasteiger partial charge in [-0.05, 0) is 182 Å². The standard InChI is InChI=1S/C40H49FN4O7.C26H30FNO3.C16H22N2O3/c1-5-16-43-17-9-10-20-51-32-22-28(21-31(41)25-32)23-33(42-36(47)29-14-11-15-30(24-29)37(43)48)35(46)34-38(49)44(26-27-12-7-6-8-13-27)18-19-45(34)39(50)52-40(2,3)4;1-2-7-20-9-5-3-4-8-18-12-19(14-23(27)13-18)15-24(17-29)28-26(31)22-11-6-10-21(16-22)25(20)30;1-16(2,3)21-15(20)18-10-9-17(14(19)12-18)11-13-7-5-4-6-8-13/h6-8,11-15,21-22,24-25,33-35,46H,5,9-10,16-20,23,26H2,1-4H3,(H,42,47);3,5-6,10-14,16,20,24,29H,2,4,7-9,15,17H2,1H3,(H,28,31);4-8H,9-12H2,1-3H3. The van der Waals surface area contributed by atoms with E-state index in [2.05, 4.69) is 23.6 Å². The van der Waals surface area contributed by atoms with Crippen molar-refractivity contribution in [3.63, 3.8) is 0 Å². The molecule has 7 amide bonds. The minimum Gasteiger partial charge on any atom is -0.493 e. The summed E-state index contributed by atoms with van der Waals surface area (Å²) in [5, 5.41) is 27.7. The van der Waals surface area contributed by atoms with Gasteiger partial charge < -0.3 is 49.8 Å². The first-order chi connectivity index (χ1) is 49.7. The van der Waals surface area contributed by atoms with Crippen LogP contribution in [0.1, 0.15) is 170 Å². The number of aryl methyl sites for hydroxylation is 1. The number of ketones is 1. The lowest BCUT2D eigenvalue weighted by Crippen LogP contribution is -2.66. The van der Waals surface area contributed by atoms with E-state index in [0.717, 1.165) is 47.9 Å². The third kappa shape index (κ3) is 24.1. The summed E-state index contributed by atoms with van der Waals surface area (Å²) in [6, 6.07) is 38.1. The second-order valence-electron chi connectivity index (χ2n) is 28.8. The van der Waals surface area contributed by atoms with E-state index in [4.69, 9.17) is 14.2 Å². The Kier molecular flexibility index (Phi) is 29.3. The molecule has 22 heteroatoms. The van der Waals surface area contributed by atoms with Gasteiger partial charge in [0.15, 0.2) is 5.78 Å². The number of halogens is 2. The Morgan fingerprint density at radius 1 is 0.606 bits per heavy atom. The lowest BCUT2D eigenvalue weighted by atomic mass is 9.89. The fraction of sp³-hybridized carbons (Fsp3) is 0.439. The number of ether oxygens (including phenoxy) is 3. The van der Waals surface area contributed by atoms with Crippen LogP contribution in [0.2, 0.25) is 0 Å². The van der Waals surface area contributed by atoms with Gasteiger partial charge in [-0.1, -0.05) is 117 Å². The fourth-order valence-corrected chi connectivity index (χ4v) is 12.8. The van der Waals surface area contributed by atoms with E-state index in [0.29, 0.717) is 87.1 Å². The van der Waals surface area contributed by atoms with E-state index in [-0.39, 0.29) is 92.4 Å². The topological polar surface area (TPSA) is 245 Å². The molecule has 0 aliphatic carbocycles. The molecule has 0 aromatic heterocycles. The first kappa shape index (κ1) is 79.9. The van der Waals surface area contributed by atoms with Crippen molar-refractivity contribution in [2.45, 2.75) is 168 Å². The average Bonchev–Trinajstić information content (AvgIpc) is 0.779. The zero-order chi connectivity index (χ0) is 75.1. The van der Waals surface area contributed by atoms with Gasteiger partial charge in [0.1, 0.15) is 47.3 Å². The second-order valence-corrected chi connectivity index (χ2v) is 28.8. The van der Waals surface area contributed by atoms with Crippen LogP contribution in [0.4, 0.5) is 18.4 Å². The highest BCUT2D eigenvalue weighted by atomic mass is 19.1. The van der Waals surface area contributed by atoms with Crippen molar-refractivity contribution in [3.8, 4) is 5.75 Å². The Morgan fingerprint density at radius 3 is 1.83 bits per heavy atom. The van der Waals surface area contributed by atoms with E-state index in [9.17, 15) is 53.0 Å². The van der Waals surface area contributed by atoms with Gasteiger partial charge in [-0.25, -0.2) is 18.4 Å². The molecule has 6 aromatic carbocycles. The van der Waals surface area contributed by atoms with Crippen LogP contribution < -0.4 is 15.4 Å². The lowest BCUT2D eigenvalue weighted by molar-refractivity contribution is -0.148. The number of nitrogens with one attached hydrogen (secondary N) is 2. The van der Waals surface area contributed by atoms with Crippen LogP contribution in [0.25, 0.3) is 0 Å². The number of rotatable bonds is 11. The van der Waals surface area contributed by atoms with Crippen molar-refractivity contribution in [1.29, 1.82) is 0 Å². The van der Waals surface area contributed by atoms with Crippen LogP contribution in [0, 0.1) is 17.6 Å². The van der Waals surface area contributed by atoms with Crippen LogP contribution in [0.3, 0.4) is 0 Å². The molecule has 4 aliphatic rings. The molecule has 2 fully saturated rings. The van der Waals surface area contributed by atoms with Gasteiger partial charge in [-0.2, -0.15) is 0 Å². The first-order valence-electron chi connectivity index (χ1n) is 36.1. The van der Waals surface area contributed by atoms with Crippen LogP contribution in [-0.4, -0.2) is 177 Å². The zero-order valence-electron chi connectivity index (χ0n) is 61.1. The summed E-state index contributed by atoms with van der Waals surface area (Å²) in [5.41, 5.74) is 3.93. The molecule has 20 nitrogen and oxygen atoms in total. The van der Waals surface area contributed by atoms with Crippen LogP contribution >= 0.6 is 0 Å². The third-order valence-corrected chi connectivity index (χ3v) is 17.9. The molecule has 2 saturated heterocycles. The molecule has 6 aromatic rings. The zero-order valence-corrected chi connectivity index (χ0v) is 61.1.